The first-order valence-electron chi connectivity index (χ1n) is 27.2. The van der Waals surface area contributed by atoms with E-state index in [9.17, 15) is 14.7 Å². The molecule has 4 heterocycles. The summed E-state index contributed by atoms with van der Waals surface area (Å²) >= 11 is 0. The number of nitriles is 1. The Morgan fingerprint density at radius 2 is 0.988 bits per heavy atom. The van der Waals surface area contributed by atoms with Gasteiger partial charge < -0.3 is 14.9 Å². The van der Waals surface area contributed by atoms with Crippen LogP contribution in [-0.4, -0.2) is 48.3 Å². The third-order valence-corrected chi connectivity index (χ3v) is 13.8. The first kappa shape index (κ1) is 72.8. The Labute approximate surface area is 592 Å². The van der Waals surface area contributed by atoms with Crippen LogP contribution in [0.3, 0.4) is 0 Å². The normalized spacial score (nSPS) is 10.8. The molecule has 11 nitrogen and oxygen atoms in total. The van der Waals surface area contributed by atoms with Crippen molar-refractivity contribution in [2.45, 2.75) is 67.2 Å². The molecule has 0 fully saturated rings. The molecule has 0 saturated heterocycles. The molecule has 438 valence electrons. The number of aliphatic hydroxyl groups excluding tert-OH is 2. The number of ketones is 2. The molecule has 0 aliphatic heterocycles. The zero-order chi connectivity index (χ0) is 60.4. The molecule has 0 saturated carbocycles. The number of rotatable bonds is 11. The summed E-state index contributed by atoms with van der Waals surface area (Å²) in [6.07, 6.45) is 13.9. The summed E-state index contributed by atoms with van der Waals surface area (Å²) < 4.78 is 8.94. The number of aromatic nitrogens is 4. The number of hydrogen-bond acceptors (Lipinski definition) is 10. The molecule has 11 aromatic rings. The number of allylic oxidation sites excluding steroid dienone is 3. The largest absolute Gasteiger partial charge is 0.512 e. The summed E-state index contributed by atoms with van der Waals surface area (Å²) in [6, 6.07) is 59.9. The Kier molecular flexibility index (Phi) is 32.1. The second kappa shape index (κ2) is 37.9. The zero-order valence-electron chi connectivity index (χ0n) is 48.9. The number of aliphatic hydroxyl groups is 2. The van der Waals surface area contributed by atoms with Gasteiger partial charge in [-0.2, -0.15) is 5.26 Å². The van der Waals surface area contributed by atoms with Crippen LogP contribution in [0, 0.1) is 136 Å². The number of nitrogens with zero attached hydrogens (tertiary/aromatic N) is 6. The Morgan fingerprint density at radius 3 is 1.40 bits per heavy atom. The van der Waals surface area contributed by atoms with Crippen LogP contribution in [0.4, 0.5) is 0 Å². The molecule has 7 aromatic carbocycles. The minimum absolute atomic E-state index is 0. The number of hydrogen-bond donors (Lipinski definition) is 2. The standard InChI is InChI=1S/C23H16O2.C17H25NO.2C12H8N2.C5H8O2.CH4NP3.2Eu/c24-22(20-11-9-16-5-1-3-7-18(16)13-20)15-23(25)21-12-10-17-6-2-4-8-19(17)14-21;1-14-8-9-15(2)16(12-14)19-11-7-5-6-10-17(3,4)13-18;2*1-3-9-5-6-10-4-2-8-14-12(10)11(9)13-7-1;1-4(6)3-5(2)7;1-2-5(3)4;;/h1-15,24H;8-9,12H,5-7,10-11H2,1-4H3;2*1-8H;3,6H,1-2H3;3-4H2;;. The molecular formula is C70H69Eu2N6O5P3. The number of unbranched alkanes of at least 4 members (excludes halogenated alkanes) is 2. The molecule has 0 amide bonds. The molecule has 2 N–H and O–H groups in total. The Balaban J connectivity index is 0.000000234. The van der Waals surface area contributed by atoms with E-state index in [4.69, 9.17) is 21.7 Å². The maximum absolute atomic E-state index is 12.5. The Hall–Kier alpha value is -5.64. The van der Waals surface area contributed by atoms with E-state index >= 15 is 0 Å². The minimum atomic E-state index is -0.473. The zero-order valence-corrected chi connectivity index (χ0v) is 57.0. The predicted molar refractivity (Wildman–Crippen MR) is 356 cm³/mol. The second-order valence-electron chi connectivity index (χ2n) is 20.2. The summed E-state index contributed by atoms with van der Waals surface area (Å²) in [5.74, 6) is 0.699. The van der Waals surface area contributed by atoms with Gasteiger partial charge in [0.15, 0.2) is 11.6 Å². The maximum atomic E-state index is 12.5. The summed E-state index contributed by atoms with van der Waals surface area (Å²) in [4.78, 5) is 39.9. The van der Waals surface area contributed by atoms with Crippen LogP contribution in [0.1, 0.15) is 80.4 Å². The number of carbonyl (C=O) groups excluding carboxylic acids is 2. The average Bonchev–Trinajstić information content (AvgIpc) is 2.59. The molecule has 11 rings (SSSR count). The van der Waals surface area contributed by atoms with Crippen molar-refractivity contribution < 1.29 is 123 Å². The topological polar surface area (TPSA) is 164 Å². The first-order valence-corrected chi connectivity index (χ1v) is 31.7. The molecule has 2 atom stereocenters. The van der Waals surface area contributed by atoms with Crippen LogP contribution in [0.15, 0.2) is 219 Å². The van der Waals surface area contributed by atoms with Crippen molar-refractivity contribution in [3.63, 3.8) is 0 Å². The van der Waals surface area contributed by atoms with Gasteiger partial charge in [-0.05, 0) is 147 Å². The van der Waals surface area contributed by atoms with Gasteiger partial charge in [-0.25, -0.2) is 6.57 Å². The Bertz CT molecular complexity index is 3960. The number of pyridine rings is 4. The fraction of sp³-hybridized carbons (Fsp3) is 0.171. The Morgan fingerprint density at radius 1 is 0.581 bits per heavy atom. The van der Waals surface area contributed by atoms with Crippen molar-refractivity contribution in [2.75, 3.05) is 6.61 Å². The van der Waals surface area contributed by atoms with Crippen molar-refractivity contribution in [1.29, 1.82) is 5.26 Å². The van der Waals surface area contributed by atoms with E-state index in [0.29, 0.717) is 11.1 Å². The van der Waals surface area contributed by atoms with Crippen LogP contribution in [0.5, 0.6) is 5.75 Å². The van der Waals surface area contributed by atoms with Gasteiger partial charge in [-0.15, -0.1) is 0 Å². The average molecular weight is 1470 g/mol. The van der Waals surface area contributed by atoms with Crippen LogP contribution in [-0.2, 0) is 4.79 Å². The fourth-order valence-corrected chi connectivity index (χ4v) is 8.58. The third kappa shape index (κ3) is 23.8. The SMILES string of the molecule is CC(=O)C=C(C)O.Cc1ccc(C)c(OCCCCCC(C)(C)C#N)c1.O=C(C=C(O)c1ccc2ccccc2c1)c1ccc2ccccc2c1.[C-]#[N+]P(P)P.[Eu].[Eu].c1cnc2c(c1)ccc1cccnc12.c1cnc2c(c1)ccc1cccnc12. The van der Waals surface area contributed by atoms with Crippen molar-refractivity contribution in [3.8, 4) is 11.8 Å². The van der Waals surface area contributed by atoms with Gasteiger partial charge in [0.2, 0.25) is 0 Å². The van der Waals surface area contributed by atoms with Crippen LogP contribution >= 0.6 is 25.3 Å². The van der Waals surface area contributed by atoms with Gasteiger partial charge in [-0.3, -0.25) is 34.1 Å². The van der Waals surface area contributed by atoms with E-state index in [2.05, 4.69) is 129 Å². The number of benzene rings is 7. The van der Waals surface area contributed by atoms with Gasteiger partial charge in [0.25, 0.3) is 7.45 Å². The van der Waals surface area contributed by atoms with E-state index in [1.54, 1.807) is 30.9 Å². The van der Waals surface area contributed by atoms with Crippen LogP contribution in [0.2, 0.25) is 0 Å². The van der Waals surface area contributed by atoms with E-state index in [1.165, 1.54) is 37.1 Å². The summed E-state index contributed by atoms with van der Waals surface area (Å²) in [5, 5.41) is 36.4. The van der Waals surface area contributed by atoms with Gasteiger partial charge in [-0.1, -0.05) is 146 Å². The quantitative estimate of drug-likeness (QED) is 0.0242. The predicted octanol–water partition coefficient (Wildman–Crippen LogP) is 19.1. The smallest absolute Gasteiger partial charge is 0.299 e. The van der Waals surface area contributed by atoms with E-state index < -0.39 is 7.45 Å². The first-order chi connectivity index (χ1) is 40.4. The second-order valence-corrected chi connectivity index (χ2v) is 26.2. The van der Waals surface area contributed by atoms with Crippen molar-refractivity contribution in [2.24, 2.45) is 5.41 Å². The fourth-order valence-electron chi connectivity index (χ4n) is 8.58. The van der Waals surface area contributed by atoms with Crippen molar-refractivity contribution >= 4 is 108 Å². The van der Waals surface area contributed by atoms with Crippen LogP contribution < -0.4 is 4.74 Å². The van der Waals surface area contributed by atoms with E-state index in [1.807, 2.05) is 117 Å². The van der Waals surface area contributed by atoms with Gasteiger partial charge in [0, 0.05) is 168 Å². The van der Waals surface area contributed by atoms with Crippen molar-refractivity contribution in [3.05, 3.63) is 252 Å². The van der Waals surface area contributed by atoms with Crippen molar-refractivity contribution in [1.82, 2.24) is 19.9 Å². The molecule has 0 bridgehead atoms. The molecular weight excluding hydrogens is 1400 g/mol. The summed E-state index contributed by atoms with van der Waals surface area (Å²) in [5.41, 5.74) is 7.34. The number of carbonyl (C=O) groups is 2. The van der Waals surface area contributed by atoms with Gasteiger partial charge >= 0.3 is 0 Å². The molecule has 0 aliphatic carbocycles. The van der Waals surface area contributed by atoms with Crippen LogP contribution in [0.25, 0.3) is 75.5 Å². The molecule has 86 heavy (non-hydrogen) atoms. The maximum Gasteiger partial charge on any atom is 0.299 e. The van der Waals surface area contributed by atoms with E-state index in [0.717, 1.165) is 103 Å². The number of ether oxygens (including phenoxy) is 1. The molecule has 2 radical (unpaired) electrons. The van der Waals surface area contributed by atoms with E-state index in [-0.39, 0.29) is 127 Å². The van der Waals surface area contributed by atoms with Gasteiger partial charge in [0.1, 0.15) is 11.5 Å². The third-order valence-electron chi connectivity index (χ3n) is 12.9. The number of aryl methyl sites for hydroxylation is 2. The molecule has 0 spiro atoms. The molecule has 16 heteroatoms. The molecule has 2 unspecified atom stereocenters. The summed E-state index contributed by atoms with van der Waals surface area (Å²) in [6.45, 7) is 18.0. The molecule has 4 aromatic heterocycles. The summed E-state index contributed by atoms with van der Waals surface area (Å²) in [7, 11) is 4.34. The molecule has 0 aliphatic rings. The number of fused-ring (bicyclic) bond motifs is 8. The monoisotopic (exact) mass is 1470 g/mol. The van der Waals surface area contributed by atoms with Gasteiger partial charge in [0.05, 0.1) is 45.9 Å². The minimum Gasteiger partial charge on any atom is -0.512 e.